The zero-order valence-electron chi connectivity index (χ0n) is 32.9. The topological polar surface area (TPSA) is 157 Å². The van der Waals surface area contributed by atoms with Crippen molar-refractivity contribution in [2.24, 2.45) is 5.92 Å². The van der Waals surface area contributed by atoms with Crippen LogP contribution in [0.1, 0.15) is 42.7 Å². The first-order chi connectivity index (χ1) is 29.2. The van der Waals surface area contributed by atoms with Crippen molar-refractivity contribution in [3.05, 3.63) is 156 Å². The van der Waals surface area contributed by atoms with Crippen LogP contribution in [0, 0.1) is 5.92 Å². The molecule has 0 N–H and O–H groups in total. The molecule has 0 radical (unpaired) electrons. The summed E-state index contributed by atoms with van der Waals surface area (Å²) in [4.78, 5) is 72.4. The van der Waals surface area contributed by atoms with E-state index in [2.05, 4.69) is 0 Å². The molecular weight excluding hydrogens is 761 g/mol. The molecule has 0 spiro atoms. The smallest absolute Gasteiger partial charge is 0.338 e. The lowest BCUT2D eigenvalue weighted by molar-refractivity contribution is -0.144. The third kappa shape index (κ3) is 7.15. The van der Waals surface area contributed by atoms with E-state index in [1.807, 2.05) is 48.6 Å². The number of fused-ring (bicyclic) bond motifs is 2. The highest BCUT2D eigenvalue weighted by Crippen LogP contribution is 2.40. The summed E-state index contributed by atoms with van der Waals surface area (Å²) in [5.74, 6) is -3.33. The molecule has 2 unspecified atom stereocenters. The van der Waals surface area contributed by atoms with Crippen LogP contribution in [0.25, 0.3) is 67.0 Å². The monoisotopic (exact) mass is 796 g/mol. The van der Waals surface area contributed by atoms with Crippen molar-refractivity contribution in [2.75, 3.05) is 28.4 Å². The highest BCUT2D eigenvalue weighted by Gasteiger charge is 2.33. The summed E-state index contributed by atoms with van der Waals surface area (Å²) in [6, 6.07) is 32.2. The molecule has 0 aliphatic heterocycles. The van der Waals surface area contributed by atoms with Gasteiger partial charge in [0, 0.05) is 22.6 Å². The summed E-state index contributed by atoms with van der Waals surface area (Å²) in [5.41, 5.74) is 7.69. The Morgan fingerprint density at radius 1 is 0.450 bits per heavy atom. The van der Waals surface area contributed by atoms with Crippen molar-refractivity contribution < 1.29 is 38.1 Å². The van der Waals surface area contributed by atoms with E-state index in [1.54, 1.807) is 84.9 Å². The average Bonchev–Trinajstić information content (AvgIpc) is 3.31. The van der Waals surface area contributed by atoms with Gasteiger partial charge in [-0.05, 0) is 53.6 Å². The molecule has 0 fully saturated rings. The summed E-state index contributed by atoms with van der Waals surface area (Å²) >= 11 is 0. The Morgan fingerprint density at radius 2 is 0.867 bits per heavy atom. The number of allylic oxidation sites excluding steroid dienone is 3. The zero-order valence-corrected chi connectivity index (χ0v) is 32.9. The first-order valence-corrected chi connectivity index (χ1v) is 18.8. The van der Waals surface area contributed by atoms with Crippen molar-refractivity contribution in [3.63, 3.8) is 0 Å². The third-order valence-corrected chi connectivity index (χ3v) is 10.4. The molecule has 2 heterocycles. The Balaban J connectivity index is 1.31. The Bertz CT molecular complexity index is 2940. The number of nitrogens with zero attached hydrogens (tertiary/aromatic N) is 4. The van der Waals surface area contributed by atoms with Crippen molar-refractivity contribution in [1.29, 1.82) is 0 Å². The SMILES string of the molecule is COC(=O)c1ccccc1-c1nc2ccc(-c3ccc4nc(-c5ccccc5C(=O)OC)c(C5C=CC=CC5C(=O)OC)nc4c3)cc2nc1-c1ccccc1C(=O)OC. The van der Waals surface area contributed by atoms with E-state index in [9.17, 15) is 19.2 Å². The Morgan fingerprint density at radius 3 is 1.35 bits per heavy atom. The predicted octanol–water partition coefficient (Wildman–Crippen LogP) is 8.60. The molecule has 8 rings (SSSR count). The van der Waals surface area contributed by atoms with Gasteiger partial charge in [-0.2, -0.15) is 0 Å². The molecule has 2 atom stereocenters. The number of benzene rings is 5. The van der Waals surface area contributed by atoms with Gasteiger partial charge in [0.25, 0.3) is 0 Å². The maximum atomic E-state index is 13.1. The van der Waals surface area contributed by atoms with Crippen LogP contribution < -0.4 is 0 Å². The first kappa shape index (κ1) is 39.0. The molecule has 60 heavy (non-hydrogen) atoms. The molecule has 296 valence electrons. The molecular formula is C48H36N4O8. The minimum atomic E-state index is -0.694. The van der Waals surface area contributed by atoms with Crippen LogP contribution in [0.2, 0.25) is 0 Å². The second-order valence-corrected chi connectivity index (χ2v) is 13.7. The lowest BCUT2D eigenvalue weighted by Crippen LogP contribution is -2.24. The zero-order chi connectivity index (χ0) is 41.9. The van der Waals surface area contributed by atoms with Crippen molar-refractivity contribution >= 4 is 45.9 Å². The number of ether oxygens (including phenoxy) is 4. The highest BCUT2D eigenvalue weighted by atomic mass is 16.5. The van der Waals surface area contributed by atoms with Crippen LogP contribution in [0.5, 0.6) is 0 Å². The number of esters is 4. The normalized spacial score (nSPS) is 14.5. The number of carbonyl (C=O) groups is 4. The van der Waals surface area contributed by atoms with E-state index in [0.717, 1.165) is 11.1 Å². The minimum absolute atomic E-state index is 0.275. The molecule has 12 nitrogen and oxygen atoms in total. The fourth-order valence-corrected chi connectivity index (χ4v) is 7.45. The molecule has 5 aromatic carbocycles. The van der Waals surface area contributed by atoms with Gasteiger partial charge >= 0.3 is 23.9 Å². The van der Waals surface area contributed by atoms with Gasteiger partial charge in [0.1, 0.15) is 0 Å². The number of carbonyl (C=O) groups excluding carboxylic acids is 4. The van der Waals surface area contributed by atoms with Crippen LogP contribution in [-0.4, -0.2) is 72.3 Å². The van der Waals surface area contributed by atoms with E-state index in [1.165, 1.54) is 28.4 Å². The van der Waals surface area contributed by atoms with Crippen molar-refractivity contribution in [2.45, 2.75) is 5.92 Å². The summed E-state index contributed by atoms with van der Waals surface area (Å²) in [6.07, 6.45) is 7.27. The first-order valence-electron chi connectivity index (χ1n) is 18.8. The van der Waals surface area contributed by atoms with E-state index in [4.69, 9.17) is 38.9 Å². The quantitative estimate of drug-likeness (QED) is 0.101. The predicted molar refractivity (Wildman–Crippen MR) is 225 cm³/mol. The molecule has 1 aliphatic rings. The molecule has 7 aromatic rings. The fraction of sp³-hybridized carbons (Fsp3) is 0.125. The molecule has 0 saturated carbocycles. The summed E-state index contributed by atoms with van der Waals surface area (Å²) in [5, 5.41) is 0. The minimum Gasteiger partial charge on any atom is -0.469 e. The summed E-state index contributed by atoms with van der Waals surface area (Å²) < 4.78 is 20.5. The molecule has 2 aromatic heterocycles. The lowest BCUT2D eigenvalue weighted by atomic mass is 9.83. The van der Waals surface area contributed by atoms with E-state index >= 15 is 0 Å². The lowest BCUT2D eigenvalue weighted by Gasteiger charge is -2.24. The van der Waals surface area contributed by atoms with Crippen LogP contribution in [0.3, 0.4) is 0 Å². The summed E-state index contributed by atoms with van der Waals surface area (Å²) in [7, 11) is 5.28. The van der Waals surface area contributed by atoms with Crippen molar-refractivity contribution in [3.8, 4) is 44.9 Å². The number of methoxy groups -OCH3 is 4. The van der Waals surface area contributed by atoms with E-state index < -0.39 is 35.7 Å². The van der Waals surface area contributed by atoms with Gasteiger partial charge in [-0.1, -0.05) is 91.0 Å². The van der Waals surface area contributed by atoms with Gasteiger partial charge in [-0.25, -0.2) is 34.3 Å². The standard InChI is InChI=1S/C48H36N4O8/c1-57-45(53)33-17-9-5-13-29(33)41-43(31-15-7-11-19-35(31)47(55)59-3)51-39-25-27(21-23-37(39)49-41)28-22-24-38-40(26-28)52-44(32-16-8-12-20-36(32)48(56)60-4)42(50-38)30-14-6-10-18-34(30)46(54)58-2/h5-26,31,35H,1-4H3. The second kappa shape index (κ2) is 16.5. The largest absolute Gasteiger partial charge is 0.469 e. The Labute approximate surface area is 344 Å². The molecule has 1 aliphatic carbocycles. The Kier molecular flexibility index (Phi) is 10.8. The van der Waals surface area contributed by atoms with Gasteiger partial charge in [-0.15, -0.1) is 0 Å². The Hall–Kier alpha value is -7.86. The van der Waals surface area contributed by atoms with E-state index in [-0.39, 0.29) is 11.1 Å². The number of hydrogen-bond acceptors (Lipinski definition) is 12. The van der Waals surface area contributed by atoms with E-state index in [0.29, 0.717) is 67.1 Å². The molecule has 12 heteroatoms. The van der Waals surface area contributed by atoms with Crippen LogP contribution in [0.15, 0.2) is 133 Å². The number of hydrogen-bond donors (Lipinski definition) is 0. The van der Waals surface area contributed by atoms with Gasteiger partial charge in [0.2, 0.25) is 0 Å². The maximum Gasteiger partial charge on any atom is 0.338 e. The average molecular weight is 797 g/mol. The third-order valence-electron chi connectivity index (χ3n) is 10.4. The van der Waals surface area contributed by atoms with Gasteiger partial charge < -0.3 is 18.9 Å². The summed E-state index contributed by atoms with van der Waals surface area (Å²) in [6.45, 7) is 0. The number of rotatable bonds is 9. The molecule has 0 bridgehead atoms. The van der Waals surface area contributed by atoms with Gasteiger partial charge in [0.05, 0.1) is 95.9 Å². The maximum absolute atomic E-state index is 13.1. The molecule has 0 saturated heterocycles. The number of aromatic nitrogens is 4. The van der Waals surface area contributed by atoms with Crippen LogP contribution in [-0.2, 0) is 23.7 Å². The van der Waals surface area contributed by atoms with Crippen molar-refractivity contribution in [1.82, 2.24) is 19.9 Å². The van der Waals surface area contributed by atoms with Crippen LogP contribution in [0.4, 0.5) is 0 Å². The second-order valence-electron chi connectivity index (χ2n) is 13.7. The van der Waals surface area contributed by atoms with Crippen LogP contribution >= 0.6 is 0 Å². The highest BCUT2D eigenvalue weighted by molar-refractivity contribution is 6.03. The fourth-order valence-electron chi connectivity index (χ4n) is 7.45. The van der Waals surface area contributed by atoms with Gasteiger partial charge in [-0.3, -0.25) is 4.79 Å². The molecule has 0 amide bonds. The van der Waals surface area contributed by atoms with Gasteiger partial charge in [0.15, 0.2) is 0 Å².